The first-order valence-electron chi connectivity index (χ1n) is 18.9. The van der Waals surface area contributed by atoms with Gasteiger partial charge in [0.05, 0.1) is 18.1 Å². The van der Waals surface area contributed by atoms with Gasteiger partial charge in [-0.1, -0.05) is 115 Å². The molecule has 0 saturated carbocycles. The zero-order valence-corrected chi connectivity index (χ0v) is 30.8. The summed E-state index contributed by atoms with van der Waals surface area (Å²) < 4.78 is 16.3. The van der Waals surface area contributed by atoms with Crippen molar-refractivity contribution in [2.75, 3.05) is 0 Å². The van der Waals surface area contributed by atoms with E-state index in [9.17, 15) is 9.59 Å². The first kappa shape index (κ1) is 40.4. The molecule has 0 spiro atoms. The molecule has 47 heavy (non-hydrogen) atoms. The van der Waals surface area contributed by atoms with E-state index >= 15 is 0 Å². The van der Waals surface area contributed by atoms with Gasteiger partial charge in [-0.3, -0.25) is 4.79 Å². The number of esters is 2. The highest BCUT2D eigenvalue weighted by atomic mass is 16.6. The molecule has 0 saturated heterocycles. The number of cyclic esters (lactones) is 1. The van der Waals surface area contributed by atoms with E-state index in [1.807, 2.05) is 18.4 Å². The summed E-state index contributed by atoms with van der Waals surface area (Å²) in [4.78, 5) is 24.9. The van der Waals surface area contributed by atoms with E-state index in [-0.39, 0.29) is 11.9 Å². The second-order valence-electron chi connectivity index (χ2n) is 14.1. The van der Waals surface area contributed by atoms with E-state index in [0.717, 1.165) is 70.1 Å². The third-order valence-electron chi connectivity index (χ3n) is 9.52. The molecule has 264 valence electrons. The van der Waals surface area contributed by atoms with E-state index in [1.54, 1.807) is 13.2 Å². The van der Waals surface area contributed by atoms with Crippen LogP contribution in [0.1, 0.15) is 169 Å². The number of aryl methyl sites for hydroxylation is 1. The molecule has 0 aliphatic carbocycles. The van der Waals surface area contributed by atoms with Crippen LogP contribution in [-0.2, 0) is 25.5 Å². The lowest BCUT2D eigenvalue weighted by Crippen LogP contribution is -2.06. The molecule has 0 radical (unpaired) electrons. The van der Waals surface area contributed by atoms with Gasteiger partial charge in [0.1, 0.15) is 0 Å². The Balaban J connectivity index is 1.60. The van der Waals surface area contributed by atoms with Crippen molar-refractivity contribution in [3.8, 4) is 0 Å². The minimum Gasteiger partial charge on any atom is -0.472 e. The number of carbonyl (C=O) groups is 2. The maximum Gasteiger partial charge on any atom is 0.343 e. The number of furan rings is 1. The molecule has 1 aromatic rings. The van der Waals surface area contributed by atoms with Crippen LogP contribution in [0.5, 0.6) is 0 Å². The molecular formula is C42H66O5. The first-order chi connectivity index (χ1) is 22.7. The van der Waals surface area contributed by atoms with E-state index < -0.39 is 5.97 Å². The minimum absolute atomic E-state index is 0.204. The molecule has 1 aliphatic rings. The Morgan fingerprint density at radius 2 is 1.47 bits per heavy atom. The zero-order valence-electron chi connectivity index (χ0n) is 30.8. The highest BCUT2D eigenvalue weighted by Gasteiger charge is 2.30. The van der Waals surface area contributed by atoms with E-state index in [2.05, 4.69) is 46.8 Å². The number of rotatable bonds is 26. The number of unbranched alkanes of at least 4 members (excludes halogenated alkanes) is 9. The van der Waals surface area contributed by atoms with E-state index in [0.29, 0.717) is 23.5 Å². The van der Waals surface area contributed by atoms with Gasteiger partial charge in [-0.25, -0.2) is 4.79 Å². The van der Waals surface area contributed by atoms with Crippen LogP contribution in [0.3, 0.4) is 0 Å². The lowest BCUT2D eigenvalue weighted by atomic mass is 9.99. The van der Waals surface area contributed by atoms with Crippen LogP contribution in [0.15, 0.2) is 69.5 Å². The molecule has 0 N–H and O–H groups in total. The number of hydrogen-bond donors (Lipinski definition) is 0. The Morgan fingerprint density at radius 3 is 2.13 bits per heavy atom. The molecule has 1 aliphatic heterocycles. The molecule has 5 heteroatoms. The predicted octanol–water partition coefficient (Wildman–Crippen LogP) is 12.7. The average molecular weight is 651 g/mol. The largest absolute Gasteiger partial charge is 0.472 e. The van der Waals surface area contributed by atoms with Crippen LogP contribution in [0.2, 0.25) is 0 Å². The quantitative estimate of drug-likeness (QED) is 0.0567. The second kappa shape index (κ2) is 24.3. The summed E-state index contributed by atoms with van der Waals surface area (Å²) in [5.74, 6) is 1.08. The highest BCUT2D eigenvalue weighted by Crippen LogP contribution is 2.30. The fourth-order valence-corrected chi connectivity index (χ4v) is 6.00. The molecule has 1 aromatic heterocycles. The van der Waals surface area contributed by atoms with Crippen molar-refractivity contribution >= 4 is 11.9 Å². The van der Waals surface area contributed by atoms with E-state index in [4.69, 9.17) is 13.9 Å². The van der Waals surface area contributed by atoms with Gasteiger partial charge >= 0.3 is 11.9 Å². The Labute approximate surface area is 287 Å². The van der Waals surface area contributed by atoms with Gasteiger partial charge < -0.3 is 13.9 Å². The van der Waals surface area contributed by atoms with E-state index in [1.165, 1.54) is 74.5 Å². The van der Waals surface area contributed by atoms with Crippen molar-refractivity contribution in [1.82, 2.24) is 0 Å². The molecule has 0 bridgehead atoms. The third-order valence-corrected chi connectivity index (χ3v) is 9.52. The molecular weight excluding hydrogens is 584 g/mol. The Hall–Kier alpha value is -2.82. The summed E-state index contributed by atoms with van der Waals surface area (Å²) in [6.45, 7) is 12.9. The van der Waals surface area contributed by atoms with Crippen LogP contribution in [0, 0.1) is 11.8 Å². The summed E-state index contributed by atoms with van der Waals surface area (Å²) in [6, 6.07) is 2.03. The Kier molecular flexibility index (Phi) is 20.9. The van der Waals surface area contributed by atoms with Gasteiger partial charge in [0, 0.05) is 6.42 Å². The molecule has 1 unspecified atom stereocenters. The summed E-state index contributed by atoms with van der Waals surface area (Å²) >= 11 is 0. The first-order valence-corrected chi connectivity index (χ1v) is 18.9. The topological polar surface area (TPSA) is 65.7 Å². The number of hydrogen-bond acceptors (Lipinski definition) is 5. The SMILES string of the molecule is CCC(C)CCCCCCCCCCCCC(=O)OC1=C(C)C(=O)O/C1=C\[C@@H](C)CCC/C(C)=C/CC/C(C)=C/CCc1ccoc1. The van der Waals surface area contributed by atoms with Crippen molar-refractivity contribution < 1.29 is 23.5 Å². The molecule has 5 nitrogen and oxygen atoms in total. The lowest BCUT2D eigenvalue weighted by molar-refractivity contribution is -0.140. The fourth-order valence-electron chi connectivity index (χ4n) is 6.00. The van der Waals surface area contributed by atoms with Gasteiger partial charge in [0.15, 0.2) is 11.5 Å². The smallest absolute Gasteiger partial charge is 0.343 e. The zero-order chi connectivity index (χ0) is 34.3. The third kappa shape index (κ3) is 18.3. The van der Waals surface area contributed by atoms with Crippen molar-refractivity contribution in [2.24, 2.45) is 11.8 Å². The standard InChI is InChI=1S/C42H66O5/c1-7-33(2)21-16-14-12-10-8-9-11-13-15-17-28-40(43)47-41-37(6)42(44)46-39(41)31-36(5)26-19-24-34(3)22-18-23-35(4)25-20-27-38-29-30-45-32-38/h22,25,29-33,36H,7-21,23-24,26-28H2,1-6H3/b34-22+,35-25+,39-31-/t33?,36-/m0/s1. The predicted molar refractivity (Wildman–Crippen MR) is 195 cm³/mol. The second-order valence-corrected chi connectivity index (χ2v) is 14.1. The normalized spacial score (nSPS) is 16.2. The van der Waals surface area contributed by atoms with Gasteiger partial charge in [0.25, 0.3) is 0 Å². The molecule has 0 fully saturated rings. The number of allylic oxidation sites excluding steroid dienone is 5. The van der Waals surface area contributed by atoms with Crippen molar-refractivity contribution in [1.29, 1.82) is 0 Å². The average Bonchev–Trinajstić information content (AvgIpc) is 3.65. The summed E-state index contributed by atoms with van der Waals surface area (Å²) in [5, 5.41) is 0. The monoisotopic (exact) mass is 650 g/mol. The molecule has 0 aromatic carbocycles. The van der Waals surface area contributed by atoms with Crippen molar-refractivity contribution in [3.63, 3.8) is 0 Å². The Bertz CT molecular complexity index is 1150. The summed E-state index contributed by atoms with van der Waals surface area (Å²) in [7, 11) is 0. The van der Waals surface area contributed by atoms with Gasteiger partial charge in [-0.05, 0) is 102 Å². The number of ether oxygens (including phenoxy) is 2. The van der Waals surface area contributed by atoms with Crippen molar-refractivity contribution in [3.05, 3.63) is 70.6 Å². The minimum atomic E-state index is -0.425. The van der Waals surface area contributed by atoms with Crippen LogP contribution in [0.25, 0.3) is 0 Å². The molecule has 2 heterocycles. The highest BCUT2D eigenvalue weighted by molar-refractivity contribution is 5.94. The van der Waals surface area contributed by atoms with Gasteiger partial charge in [-0.15, -0.1) is 0 Å². The van der Waals surface area contributed by atoms with Crippen LogP contribution in [0.4, 0.5) is 0 Å². The van der Waals surface area contributed by atoms with Crippen LogP contribution in [-0.4, -0.2) is 11.9 Å². The summed E-state index contributed by atoms with van der Waals surface area (Å²) in [6.07, 6.45) is 32.8. The molecule has 2 rings (SSSR count). The summed E-state index contributed by atoms with van der Waals surface area (Å²) in [5.41, 5.74) is 4.47. The van der Waals surface area contributed by atoms with Crippen LogP contribution >= 0.6 is 0 Å². The number of carbonyl (C=O) groups excluding carboxylic acids is 2. The molecule has 2 atom stereocenters. The fraction of sp³-hybridized carbons (Fsp3) is 0.667. The van der Waals surface area contributed by atoms with Crippen LogP contribution < -0.4 is 0 Å². The van der Waals surface area contributed by atoms with Crippen molar-refractivity contribution in [2.45, 2.75) is 170 Å². The molecule has 0 amide bonds. The Morgan fingerprint density at radius 1 is 0.830 bits per heavy atom. The maximum atomic E-state index is 12.6. The van der Waals surface area contributed by atoms with Gasteiger partial charge in [0.2, 0.25) is 0 Å². The maximum absolute atomic E-state index is 12.6. The van der Waals surface area contributed by atoms with Gasteiger partial charge in [-0.2, -0.15) is 0 Å². The lowest BCUT2D eigenvalue weighted by Gasteiger charge is -2.11.